The van der Waals surface area contributed by atoms with E-state index in [2.05, 4.69) is 5.10 Å². The second-order valence-electron chi connectivity index (χ2n) is 5.65. The minimum absolute atomic E-state index is 0.124. The van der Waals surface area contributed by atoms with Crippen molar-refractivity contribution < 1.29 is 8.42 Å². The van der Waals surface area contributed by atoms with Gasteiger partial charge in [0.15, 0.2) is 0 Å². The summed E-state index contributed by atoms with van der Waals surface area (Å²) < 4.78 is 24.3. The number of aryl methyl sites for hydroxylation is 1. The van der Waals surface area contributed by atoms with E-state index in [4.69, 9.17) is 10.7 Å². The second kappa shape index (κ2) is 4.23. The zero-order chi connectivity index (χ0) is 12.9. The largest absolute Gasteiger partial charge is 0.269 e. The molecule has 2 fully saturated rings. The molecule has 1 aromatic heterocycles. The monoisotopic (exact) mass is 288 g/mol. The molecule has 6 heteroatoms. The van der Waals surface area contributed by atoms with Crippen LogP contribution in [0, 0.1) is 18.8 Å². The zero-order valence-corrected chi connectivity index (χ0v) is 11.9. The first kappa shape index (κ1) is 12.5. The van der Waals surface area contributed by atoms with Crippen LogP contribution in [0.4, 0.5) is 0 Å². The van der Waals surface area contributed by atoms with Crippen molar-refractivity contribution in [2.24, 2.45) is 11.8 Å². The fraction of sp³-hybridized carbons (Fsp3) is 0.750. The van der Waals surface area contributed by atoms with E-state index >= 15 is 0 Å². The second-order valence-corrected chi connectivity index (χ2v) is 8.42. The first-order valence-corrected chi connectivity index (χ1v) is 8.87. The van der Waals surface area contributed by atoms with Gasteiger partial charge < -0.3 is 0 Å². The van der Waals surface area contributed by atoms with Crippen LogP contribution in [0.2, 0.25) is 0 Å². The van der Waals surface area contributed by atoms with E-state index in [0.29, 0.717) is 6.04 Å². The molecule has 0 radical (unpaired) electrons. The Bertz CT molecular complexity index is 567. The highest BCUT2D eigenvalue weighted by molar-refractivity contribution is 8.13. The maximum absolute atomic E-state index is 11.1. The normalized spacial score (nSPS) is 31.1. The lowest BCUT2D eigenvalue weighted by atomic mass is 9.96. The fourth-order valence-electron chi connectivity index (χ4n) is 3.55. The Morgan fingerprint density at radius 2 is 2.22 bits per heavy atom. The predicted molar refractivity (Wildman–Crippen MR) is 69.9 cm³/mol. The summed E-state index contributed by atoms with van der Waals surface area (Å²) in [6, 6.07) is 0.467. The third-order valence-corrected chi connectivity index (χ3v) is 5.37. The standard InChI is InChI=1S/C12H17ClN2O2S/c1-8-11(7-18(13,16)17)6-15(14-8)12-5-9-2-3-10(12)4-9/h6,9-10,12H,2-5,7H2,1H3. The van der Waals surface area contributed by atoms with Gasteiger partial charge in [-0.3, -0.25) is 4.68 Å². The molecular weight excluding hydrogens is 272 g/mol. The summed E-state index contributed by atoms with van der Waals surface area (Å²) in [5.74, 6) is 1.46. The van der Waals surface area contributed by atoms with Crippen LogP contribution in [0.1, 0.15) is 43.0 Å². The molecule has 2 aliphatic rings. The molecule has 4 nitrogen and oxygen atoms in total. The van der Waals surface area contributed by atoms with E-state index in [0.717, 1.165) is 23.1 Å². The summed E-state index contributed by atoms with van der Waals surface area (Å²) in [7, 11) is 1.81. The molecule has 3 rings (SSSR count). The highest BCUT2D eigenvalue weighted by atomic mass is 35.7. The highest BCUT2D eigenvalue weighted by Crippen LogP contribution is 2.50. The maximum Gasteiger partial charge on any atom is 0.236 e. The van der Waals surface area contributed by atoms with E-state index < -0.39 is 9.05 Å². The van der Waals surface area contributed by atoms with Crippen molar-refractivity contribution in [3.05, 3.63) is 17.5 Å². The lowest BCUT2D eigenvalue weighted by Gasteiger charge is -2.21. The van der Waals surface area contributed by atoms with Crippen LogP contribution in [0.5, 0.6) is 0 Å². The van der Waals surface area contributed by atoms with Gasteiger partial charge in [0, 0.05) is 22.4 Å². The van der Waals surface area contributed by atoms with Crippen molar-refractivity contribution in [3.8, 4) is 0 Å². The Labute approximate surface area is 112 Å². The summed E-state index contributed by atoms with van der Waals surface area (Å²) >= 11 is 0. The average molecular weight is 289 g/mol. The van der Waals surface area contributed by atoms with Crippen molar-refractivity contribution >= 4 is 19.7 Å². The number of aromatic nitrogens is 2. The molecule has 2 aliphatic carbocycles. The number of rotatable bonds is 3. The van der Waals surface area contributed by atoms with Gasteiger partial charge in [0.2, 0.25) is 9.05 Å². The zero-order valence-electron chi connectivity index (χ0n) is 10.3. The molecule has 2 saturated carbocycles. The van der Waals surface area contributed by atoms with Crippen LogP contribution in [-0.4, -0.2) is 18.2 Å². The molecule has 3 unspecified atom stereocenters. The van der Waals surface area contributed by atoms with Gasteiger partial charge in [-0.05, 0) is 38.0 Å². The quantitative estimate of drug-likeness (QED) is 0.804. The number of hydrogen-bond donors (Lipinski definition) is 0. The Balaban J connectivity index is 1.84. The van der Waals surface area contributed by atoms with Gasteiger partial charge in [0.25, 0.3) is 0 Å². The molecule has 18 heavy (non-hydrogen) atoms. The minimum atomic E-state index is -3.50. The lowest BCUT2D eigenvalue weighted by molar-refractivity contribution is 0.306. The van der Waals surface area contributed by atoms with Crippen molar-refractivity contribution in [2.75, 3.05) is 0 Å². The van der Waals surface area contributed by atoms with Crippen LogP contribution in [0.3, 0.4) is 0 Å². The maximum atomic E-state index is 11.1. The Morgan fingerprint density at radius 1 is 1.44 bits per heavy atom. The number of nitrogens with zero attached hydrogens (tertiary/aromatic N) is 2. The third kappa shape index (κ3) is 2.30. The average Bonchev–Trinajstić information content (AvgIpc) is 2.92. The first-order chi connectivity index (χ1) is 8.42. The van der Waals surface area contributed by atoms with Crippen molar-refractivity contribution in [2.45, 2.75) is 44.4 Å². The molecule has 0 spiro atoms. The van der Waals surface area contributed by atoms with Crippen molar-refractivity contribution in [1.29, 1.82) is 0 Å². The SMILES string of the molecule is Cc1nn(C2CC3CCC2C3)cc1CS(=O)(=O)Cl. The van der Waals surface area contributed by atoms with Crippen LogP contribution >= 0.6 is 10.7 Å². The number of fused-ring (bicyclic) bond motifs is 2. The lowest BCUT2D eigenvalue weighted by Crippen LogP contribution is -2.16. The molecule has 0 aliphatic heterocycles. The summed E-state index contributed by atoms with van der Waals surface area (Å²) in [6.45, 7) is 1.85. The van der Waals surface area contributed by atoms with Gasteiger partial charge in [-0.1, -0.05) is 6.42 Å². The van der Waals surface area contributed by atoms with E-state index in [1.54, 1.807) is 0 Å². The molecule has 0 saturated heterocycles. The smallest absolute Gasteiger partial charge is 0.236 e. The Hall–Kier alpha value is -0.550. The Morgan fingerprint density at radius 3 is 2.78 bits per heavy atom. The van der Waals surface area contributed by atoms with Gasteiger partial charge in [-0.2, -0.15) is 5.10 Å². The molecule has 0 aromatic carbocycles. The third-order valence-electron chi connectivity index (χ3n) is 4.39. The number of hydrogen-bond acceptors (Lipinski definition) is 3. The summed E-state index contributed by atoms with van der Waals surface area (Å²) in [4.78, 5) is 0. The van der Waals surface area contributed by atoms with Gasteiger partial charge in [0.05, 0.1) is 17.5 Å². The summed E-state index contributed by atoms with van der Waals surface area (Å²) in [5.41, 5.74) is 1.51. The Kier molecular flexibility index (Phi) is 2.94. The fourth-order valence-corrected chi connectivity index (χ4v) is 4.56. The first-order valence-electron chi connectivity index (χ1n) is 6.39. The molecule has 0 N–H and O–H groups in total. The number of halogens is 1. The predicted octanol–water partition coefficient (Wildman–Crippen LogP) is 2.62. The van der Waals surface area contributed by atoms with Gasteiger partial charge >= 0.3 is 0 Å². The van der Waals surface area contributed by atoms with E-state index in [1.165, 1.54) is 25.7 Å². The molecular formula is C12H17ClN2O2S. The van der Waals surface area contributed by atoms with Crippen LogP contribution in [0.25, 0.3) is 0 Å². The summed E-state index contributed by atoms with van der Waals surface area (Å²) in [6.07, 6.45) is 7.02. The van der Waals surface area contributed by atoms with Gasteiger partial charge in [-0.25, -0.2) is 8.42 Å². The van der Waals surface area contributed by atoms with E-state index in [-0.39, 0.29) is 5.75 Å². The van der Waals surface area contributed by atoms with Gasteiger partial charge in [0.1, 0.15) is 0 Å². The minimum Gasteiger partial charge on any atom is -0.269 e. The van der Waals surface area contributed by atoms with Crippen LogP contribution in [-0.2, 0) is 14.8 Å². The topological polar surface area (TPSA) is 52.0 Å². The highest BCUT2D eigenvalue weighted by Gasteiger charge is 2.41. The molecule has 100 valence electrons. The van der Waals surface area contributed by atoms with Crippen molar-refractivity contribution in [3.63, 3.8) is 0 Å². The molecule has 1 aromatic rings. The van der Waals surface area contributed by atoms with Crippen LogP contribution in [0.15, 0.2) is 6.20 Å². The van der Waals surface area contributed by atoms with Crippen molar-refractivity contribution in [1.82, 2.24) is 9.78 Å². The van der Waals surface area contributed by atoms with E-state index in [1.807, 2.05) is 17.8 Å². The van der Waals surface area contributed by atoms with Crippen LogP contribution < -0.4 is 0 Å². The molecule has 2 bridgehead atoms. The summed E-state index contributed by atoms with van der Waals surface area (Å²) in [5, 5.41) is 4.49. The molecule has 3 atom stereocenters. The molecule has 1 heterocycles. The van der Waals surface area contributed by atoms with E-state index in [9.17, 15) is 8.42 Å². The molecule has 0 amide bonds. The van der Waals surface area contributed by atoms with Gasteiger partial charge in [-0.15, -0.1) is 0 Å².